The Morgan fingerprint density at radius 1 is 0.909 bits per heavy atom. The summed E-state index contributed by atoms with van der Waals surface area (Å²) in [4.78, 5) is 37.5. The average molecular weight is 611 g/mol. The minimum absolute atomic E-state index is 0.0125. The van der Waals surface area contributed by atoms with Crippen molar-refractivity contribution in [1.29, 1.82) is 0 Å². The fraction of sp³-hybridized carbons (Fsp3) is 0.0714. The molecule has 0 aliphatic rings. The largest absolute Gasteiger partial charge is 0.461 e. The van der Waals surface area contributed by atoms with Gasteiger partial charge >= 0.3 is 11.9 Å². The number of aromatic amines is 2. The van der Waals surface area contributed by atoms with Crippen LogP contribution in [0.4, 0.5) is 24.5 Å². The molecule has 6 rings (SSSR count). The summed E-state index contributed by atoms with van der Waals surface area (Å²) in [5.74, 6) is 1.76. The van der Waals surface area contributed by atoms with Crippen LogP contribution in [0.15, 0.2) is 105 Å². The molecular weight excluding hydrogens is 591 g/mol. The number of H-pyrrole nitrogens is 2. The number of imidazole rings is 1. The summed E-state index contributed by atoms with van der Waals surface area (Å²) >= 11 is 0. The number of benzene rings is 3. The third-order valence-corrected chi connectivity index (χ3v) is 5.55. The number of ether oxygens (including phenoxy) is 1. The van der Waals surface area contributed by atoms with Crippen LogP contribution in [-0.4, -0.2) is 25.0 Å². The van der Waals surface area contributed by atoms with Gasteiger partial charge in [0.2, 0.25) is 5.75 Å². The number of hydrogen-bond acceptors (Lipinski definition) is 9. The number of aryl methyl sites for hydroxylation is 1. The van der Waals surface area contributed by atoms with Crippen LogP contribution in [0.2, 0.25) is 0 Å². The topological polar surface area (TPSA) is 183 Å². The summed E-state index contributed by atoms with van der Waals surface area (Å²) in [5.41, 5.74) is -0.465. The second kappa shape index (κ2) is 13.2. The summed E-state index contributed by atoms with van der Waals surface area (Å²) in [5, 5.41) is 23.6. The molecule has 0 bridgehead atoms. The second-order valence-electron chi connectivity index (χ2n) is 8.69. The van der Waals surface area contributed by atoms with Gasteiger partial charge in [0.25, 0.3) is 11.2 Å². The fourth-order valence-corrected chi connectivity index (χ4v) is 3.54. The molecule has 0 aliphatic heterocycles. The first-order valence-electron chi connectivity index (χ1n) is 12.3. The van der Waals surface area contributed by atoms with Gasteiger partial charge in [-0.05, 0) is 55.5 Å². The summed E-state index contributed by atoms with van der Waals surface area (Å²) in [6.45, 7) is 1.71. The van der Waals surface area contributed by atoms with E-state index in [1.54, 1.807) is 13.2 Å². The van der Waals surface area contributed by atoms with E-state index in [0.717, 1.165) is 40.8 Å². The normalized spacial score (nSPS) is 10.7. The molecule has 0 fully saturated rings. The fourth-order valence-electron chi connectivity index (χ4n) is 3.54. The van der Waals surface area contributed by atoms with Gasteiger partial charge in [-0.2, -0.15) is 18.3 Å². The van der Waals surface area contributed by atoms with Gasteiger partial charge in [0.05, 0.1) is 32.7 Å². The molecule has 0 radical (unpaired) electrons. The Morgan fingerprint density at radius 2 is 1.64 bits per heavy atom. The highest BCUT2D eigenvalue weighted by molar-refractivity contribution is 5.78. The standard InChI is InChI=1S/C13H7F3N2O5.C11H8N2O.C4H5NO2/c14-13(15,16)8-1-6-12(11(7-8)18(21)22)23-10-4-2-9(3-5-10)17(19)20;1-2-5-9-8(4-1)12-11(13-9)10-6-3-7-14-10;1-3-2-4(6)5-7-3/h1-7H;1-7H,(H,12,13);2H,1H3,(H,5,6). The molecule has 0 amide bonds. The van der Waals surface area contributed by atoms with Gasteiger partial charge < -0.3 is 18.7 Å². The molecule has 0 spiro atoms. The lowest BCUT2D eigenvalue weighted by Gasteiger charge is -2.09. The van der Waals surface area contributed by atoms with Gasteiger partial charge in [-0.1, -0.05) is 12.1 Å². The van der Waals surface area contributed by atoms with Crippen molar-refractivity contribution in [3.8, 4) is 23.1 Å². The Hall–Kier alpha value is -6.19. The van der Waals surface area contributed by atoms with Gasteiger partial charge in [-0.3, -0.25) is 25.0 Å². The Labute approximate surface area is 243 Å². The van der Waals surface area contributed by atoms with E-state index in [0.29, 0.717) is 17.9 Å². The van der Waals surface area contributed by atoms with E-state index in [-0.39, 0.29) is 17.0 Å². The molecule has 16 heteroatoms. The average Bonchev–Trinajstić information content (AvgIpc) is 3.74. The summed E-state index contributed by atoms with van der Waals surface area (Å²) < 4.78 is 52.7. The van der Waals surface area contributed by atoms with E-state index in [1.165, 1.54) is 18.2 Å². The number of fused-ring (bicyclic) bond motifs is 1. The van der Waals surface area contributed by atoms with E-state index in [2.05, 4.69) is 19.6 Å². The van der Waals surface area contributed by atoms with Crippen LogP contribution in [0.5, 0.6) is 11.5 Å². The van der Waals surface area contributed by atoms with E-state index in [4.69, 9.17) is 9.15 Å². The summed E-state index contributed by atoms with van der Waals surface area (Å²) in [6.07, 6.45) is -3.08. The molecule has 44 heavy (non-hydrogen) atoms. The molecule has 0 unspecified atom stereocenters. The molecule has 6 aromatic rings. The van der Waals surface area contributed by atoms with Crippen molar-refractivity contribution in [3.05, 3.63) is 133 Å². The van der Waals surface area contributed by atoms with Crippen molar-refractivity contribution in [2.24, 2.45) is 0 Å². The number of nitrogens with one attached hydrogen (secondary N) is 2. The zero-order valence-corrected chi connectivity index (χ0v) is 22.4. The highest BCUT2D eigenvalue weighted by atomic mass is 19.4. The maximum Gasteiger partial charge on any atom is 0.416 e. The third-order valence-electron chi connectivity index (χ3n) is 5.55. The van der Waals surface area contributed by atoms with Crippen molar-refractivity contribution in [1.82, 2.24) is 15.1 Å². The van der Waals surface area contributed by atoms with Gasteiger partial charge in [-0.15, -0.1) is 0 Å². The first-order valence-corrected chi connectivity index (χ1v) is 12.3. The van der Waals surface area contributed by atoms with E-state index < -0.39 is 33.0 Å². The second-order valence-corrected chi connectivity index (χ2v) is 8.69. The number of nitro benzene ring substituents is 2. The van der Waals surface area contributed by atoms with Gasteiger partial charge in [0.1, 0.15) is 11.5 Å². The van der Waals surface area contributed by atoms with Gasteiger partial charge in [-0.25, -0.2) is 4.98 Å². The number of para-hydroxylation sites is 2. The number of non-ortho nitro benzene ring substituents is 1. The van der Waals surface area contributed by atoms with E-state index >= 15 is 0 Å². The number of furan rings is 1. The molecular formula is C28H20F3N5O8. The highest BCUT2D eigenvalue weighted by Gasteiger charge is 2.33. The molecule has 3 heterocycles. The quantitative estimate of drug-likeness (QED) is 0.148. The summed E-state index contributed by atoms with van der Waals surface area (Å²) in [6, 6.07) is 19.4. The van der Waals surface area contributed by atoms with Crippen LogP contribution in [0.25, 0.3) is 22.6 Å². The Kier molecular flexibility index (Phi) is 9.23. The first-order chi connectivity index (χ1) is 20.9. The van der Waals surface area contributed by atoms with Crippen LogP contribution >= 0.6 is 0 Å². The SMILES string of the molecule is Cc1cc(=O)[nH]o1.O=[N+]([O-])c1ccc(Oc2ccc(C(F)(F)F)cc2[N+](=O)[O-])cc1.c1coc(-c2nc3ccccc3[nH]2)c1. The summed E-state index contributed by atoms with van der Waals surface area (Å²) in [7, 11) is 0. The van der Waals surface area contributed by atoms with Crippen LogP contribution in [0.3, 0.4) is 0 Å². The number of nitrogens with zero attached hydrogens (tertiary/aromatic N) is 3. The predicted molar refractivity (Wildman–Crippen MR) is 149 cm³/mol. The smallest absolute Gasteiger partial charge is 0.416 e. The van der Waals surface area contributed by atoms with E-state index in [9.17, 15) is 38.2 Å². The Balaban J connectivity index is 0.000000175. The first kappa shape index (κ1) is 30.8. The number of hydrogen-bond donors (Lipinski definition) is 2. The van der Waals surface area contributed by atoms with E-state index in [1.807, 2.05) is 36.4 Å². The van der Waals surface area contributed by atoms with Gasteiger partial charge in [0.15, 0.2) is 11.6 Å². The molecule has 226 valence electrons. The molecule has 3 aromatic carbocycles. The maximum atomic E-state index is 12.6. The van der Waals surface area contributed by atoms with Crippen molar-refractivity contribution < 1.29 is 36.7 Å². The van der Waals surface area contributed by atoms with Crippen LogP contribution in [0.1, 0.15) is 11.3 Å². The number of nitro groups is 2. The molecule has 3 aromatic heterocycles. The molecule has 0 saturated carbocycles. The lowest BCUT2D eigenvalue weighted by molar-refractivity contribution is -0.385. The van der Waals surface area contributed by atoms with Crippen LogP contribution in [-0.2, 0) is 6.18 Å². The number of halogens is 3. The van der Waals surface area contributed by atoms with Crippen LogP contribution in [0, 0.1) is 27.2 Å². The van der Waals surface area contributed by atoms with Gasteiger partial charge in [0, 0.05) is 24.3 Å². The highest BCUT2D eigenvalue weighted by Crippen LogP contribution is 2.38. The maximum absolute atomic E-state index is 12.6. The van der Waals surface area contributed by atoms with Crippen molar-refractivity contribution >= 4 is 22.4 Å². The minimum atomic E-state index is -4.73. The molecule has 2 N–H and O–H groups in total. The number of aromatic nitrogens is 3. The lowest BCUT2D eigenvalue weighted by atomic mass is 10.2. The number of alkyl halides is 3. The zero-order valence-electron chi connectivity index (χ0n) is 22.4. The molecule has 0 saturated heterocycles. The van der Waals surface area contributed by atoms with Crippen LogP contribution < -0.4 is 10.3 Å². The van der Waals surface area contributed by atoms with Crippen molar-refractivity contribution in [2.45, 2.75) is 13.1 Å². The molecule has 0 aliphatic carbocycles. The Morgan fingerprint density at radius 3 is 2.16 bits per heavy atom. The monoisotopic (exact) mass is 611 g/mol. The Bertz CT molecular complexity index is 1890. The predicted octanol–water partition coefficient (Wildman–Crippen LogP) is 7.41. The van der Waals surface area contributed by atoms with Crippen molar-refractivity contribution in [3.63, 3.8) is 0 Å². The number of rotatable bonds is 5. The van der Waals surface area contributed by atoms with Crippen molar-refractivity contribution in [2.75, 3.05) is 0 Å². The minimum Gasteiger partial charge on any atom is -0.461 e. The molecule has 13 nitrogen and oxygen atoms in total. The zero-order chi connectivity index (χ0) is 31.9. The molecule has 0 atom stereocenters. The third kappa shape index (κ3) is 7.96. The lowest BCUT2D eigenvalue weighted by Crippen LogP contribution is -2.06.